The number of carbonyl (C=O) groups is 1. The van der Waals surface area contributed by atoms with Crippen LogP contribution in [0.15, 0.2) is 46.3 Å². The van der Waals surface area contributed by atoms with Crippen LogP contribution in [0.2, 0.25) is 0 Å². The summed E-state index contributed by atoms with van der Waals surface area (Å²) in [5.41, 5.74) is 0.964. The van der Waals surface area contributed by atoms with Crippen molar-refractivity contribution in [2.45, 2.75) is 17.6 Å². The van der Waals surface area contributed by atoms with Crippen LogP contribution in [-0.4, -0.2) is 59.1 Å². The van der Waals surface area contributed by atoms with Crippen LogP contribution >= 0.6 is 27.7 Å². The van der Waals surface area contributed by atoms with Gasteiger partial charge in [-0.05, 0) is 30.7 Å². The van der Waals surface area contributed by atoms with Gasteiger partial charge in [0.15, 0.2) is 15.0 Å². The predicted octanol–water partition coefficient (Wildman–Crippen LogP) is 2.37. The molecule has 0 aliphatic carbocycles. The lowest BCUT2D eigenvalue weighted by molar-refractivity contribution is -0.128. The maximum absolute atomic E-state index is 12.4. The first kappa shape index (κ1) is 18.5. The van der Waals surface area contributed by atoms with E-state index in [-0.39, 0.29) is 29.2 Å². The van der Waals surface area contributed by atoms with E-state index in [1.54, 1.807) is 18.1 Å². The van der Waals surface area contributed by atoms with Crippen LogP contribution in [0.4, 0.5) is 0 Å². The Morgan fingerprint density at radius 1 is 1.40 bits per heavy atom. The average molecular weight is 444 g/mol. The van der Waals surface area contributed by atoms with Gasteiger partial charge >= 0.3 is 0 Å². The van der Waals surface area contributed by atoms with E-state index in [1.165, 1.54) is 11.8 Å². The number of sulfone groups is 1. The number of halogens is 1. The van der Waals surface area contributed by atoms with Crippen LogP contribution < -0.4 is 0 Å². The Morgan fingerprint density at radius 3 is 2.76 bits per heavy atom. The number of rotatable bonds is 5. The van der Waals surface area contributed by atoms with Gasteiger partial charge < -0.3 is 4.90 Å². The molecular weight excluding hydrogens is 426 g/mol. The maximum Gasteiger partial charge on any atom is 0.233 e. The molecule has 0 bridgehead atoms. The molecule has 1 unspecified atom stereocenters. The minimum Gasteiger partial charge on any atom is -0.341 e. The molecule has 1 atom stereocenters. The highest BCUT2D eigenvalue weighted by atomic mass is 79.9. The fourth-order valence-corrected chi connectivity index (χ4v) is 5.64. The molecule has 1 fully saturated rings. The summed E-state index contributed by atoms with van der Waals surface area (Å²) < 4.78 is 26.1. The van der Waals surface area contributed by atoms with E-state index < -0.39 is 9.84 Å². The normalized spacial score (nSPS) is 19.0. The number of hydrogen-bond donors (Lipinski definition) is 0. The Labute approximate surface area is 159 Å². The van der Waals surface area contributed by atoms with Crippen molar-refractivity contribution >= 4 is 43.4 Å². The maximum atomic E-state index is 12.4. The van der Waals surface area contributed by atoms with Gasteiger partial charge in [-0.1, -0.05) is 27.7 Å². The molecule has 1 aliphatic heterocycles. The monoisotopic (exact) mass is 443 g/mol. The van der Waals surface area contributed by atoms with E-state index in [0.717, 1.165) is 15.3 Å². The standard InChI is InChI=1S/C16H18BrN3O3S2/c1-19(14-6-9-25(22,23)11-14)15(21)10-24-16-18-7-8-20(16)13-4-2-12(17)3-5-13/h2-5,7-8,14H,6,9-11H2,1H3. The minimum atomic E-state index is -3.00. The number of imidazole rings is 1. The van der Waals surface area contributed by atoms with Gasteiger partial charge in [-0.2, -0.15) is 0 Å². The van der Waals surface area contributed by atoms with Crippen LogP contribution in [0.5, 0.6) is 0 Å². The van der Waals surface area contributed by atoms with Crippen molar-refractivity contribution in [1.29, 1.82) is 0 Å². The average Bonchev–Trinajstić information content (AvgIpc) is 3.18. The number of benzene rings is 1. The summed E-state index contributed by atoms with van der Waals surface area (Å²) in [7, 11) is -1.32. The van der Waals surface area contributed by atoms with Gasteiger partial charge in [0.1, 0.15) is 0 Å². The van der Waals surface area contributed by atoms with Crippen molar-refractivity contribution in [2.75, 3.05) is 24.3 Å². The van der Waals surface area contributed by atoms with Crippen LogP contribution in [0.1, 0.15) is 6.42 Å². The Kier molecular flexibility index (Phi) is 5.55. The van der Waals surface area contributed by atoms with E-state index >= 15 is 0 Å². The first-order chi connectivity index (χ1) is 11.9. The summed E-state index contributed by atoms with van der Waals surface area (Å²) in [4.78, 5) is 18.3. The minimum absolute atomic E-state index is 0.0629. The Morgan fingerprint density at radius 2 is 2.12 bits per heavy atom. The molecule has 1 aromatic heterocycles. The molecule has 3 rings (SSSR count). The molecule has 1 saturated heterocycles. The van der Waals surface area contributed by atoms with E-state index in [2.05, 4.69) is 20.9 Å². The summed E-state index contributed by atoms with van der Waals surface area (Å²) in [6, 6.07) is 7.61. The molecule has 2 aromatic rings. The third-order valence-electron chi connectivity index (χ3n) is 4.19. The highest BCUT2D eigenvalue weighted by Crippen LogP contribution is 2.23. The highest BCUT2D eigenvalue weighted by molar-refractivity contribution is 9.10. The lowest BCUT2D eigenvalue weighted by Crippen LogP contribution is -2.38. The lowest BCUT2D eigenvalue weighted by Gasteiger charge is -2.23. The van der Waals surface area contributed by atoms with E-state index in [1.807, 2.05) is 35.0 Å². The largest absolute Gasteiger partial charge is 0.341 e. The summed E-state index contributed by atoms with van der Waals surface area (Å²) in [6.07, 6.45) is 4.06. The fraction of sp³-hybridized carbons (Fsp3) is 0.375. The molecule has 6 nitrogen and oxygen atoms in total. The molecule has 1 amide bonds. The topological polar surface area (TPSA) is 72.3 Å². The second-order valence-electron chi connectivity index (χ2n) is 5.91. The molecule has 1 aromatic carbocycles. The van der Waals surface area contributed by atoms with Gasteiger partial charge in [0.25, 0.3) is 0 Å². The zero-order valence-electron chi connectivity index (χ0n) is 13.6. The summed E-state index contributed by atoms with van der Waals surface area (Å²) in [6.45, 7) is 0. The van der Waals surface area contributed by atoms with Crippen LogP contribution in [0, 0.1) is 0 Å². The van der Waals surface area contributed by atoms with Crippen molar-refractivity contribution in [2.24, 2.45) is 0 Å². The molecule has 134 valence electrons. The van der Waals surface area contributed by atoms with E-state index in [9.17, 15) is 13.2 Å². The van der Waals surface area contributed by atoms with Crippen molar-refractivity contribution in [3.8, 4) is 5.69 Å². The number of hydrogen-bond acceptors (Lipinski definition) is 5. The molecule has 0 N–H and O–H groups in total. The van der Waals surface area contributed by atoms with Gasteiger partial charge in [0, 0.05) is 35.6 Å². The van der Waals surface area contributed by atoms with Crippen LogP contribution in [-0.2, 0) is 14.6 Å². The van der Waals surface area contributed by atoms with Crippen LogP contribution in [0.3, 0.4) is 0 Å². The number of carbonyl (C=O) groups excluding carboxylic acids is 1. The van der Waals surface area contributed by atoms with E-state index in [0.29, 0.717) is 6.42 Å². The molecule has 0 saturated carbocycles. The molecule has 9 heteroatoms. The summed E-state index contributed by atoms with van der Waals surface area (Å²) >= 11 is 4.76. The van der Waals surface area contributed by atoms with Crippen LogP contribution in [0.25, 0.3) is 5.69 Å². The van der Waals surface area contributed by atoms with E-state index in [4.69, 9.17) is 0 Å². The van der Waals surface area contributed by atoms with Gasteiger partial charge in [-0.25, -0.2) is 13.4 Å². The van der Waals surface area contributed by atoms with Gasteiger partial charge in [0.05, 0.1) is 17.3 Å². The van der Waals surface area contributed by atoms with Crippen molar-refractivity contribution in [3.05, 3.63) is 41.1 Å². The fourth-order valence-electron chi connectivity index (χ4n) is 2.71. The number of nitrogens with zero attached hydrogens (tertiary/aromatic N) is 3. The highest BCUT2D eigenvalue weighted by Gasteiger charge is 2.32. The molecule has 0 spiro atoms. The van der Waals surface area contributed by atoms with Gasteiger partial charge in [-0.15, -0.1) is 0 Å². The first-order valence-corrected chi connectivity index (χ1v) is 11.3. The predicted molar refractivity (Wildman–Crippen MR) is 102 cm³/mol. The third kappa shape index (κ3) is 4.45. The van der Waals surface area contributed by atoms with Crippen molar-refractivity contribution in [3.63, 3.8) is 0 Å². The van der Waals surface area contributed by atoms with Gasteiger partial charge in [0.2, 0.25) is 5.91 Å². The molecular formula is C16H18BrN3O3S2. The SMILES string of the molecule is CN(C(=O)CSc1nccn1-c1ccc(Br)cc1)C1CCS(=O)(=O)C1. The first-order valence-electron chi connectivity index (χ1n) is 7.74. The quantitative estimate of drug-likeness (QED) is 0.663. The molecule has 0 radical (unpaired) electrons. The lowest BCUT2D eigenvalue weighted by atomic mass is 10.2. The zero-order chi connectivity index (χ0) is 18.0. The summed E-state index contributed by atoms with van der Waals surface area (Å²) in [5, 5.41) is 0.725. The zero-order valence-corrected chi connectivity index (χ0v) is 16.8. The summed E-state index contributed by atoms with van der Waals surface area (Å²) in [5.74, 6) is 0.363. The second-order valence-corrected chi connectivity index (χ2v) is 9.99. The Balaban J connectivity index is 1.63. The number of aromatic nitrogens is 2. The third-order valence-corrected chi connectivity index (χ3v) is 7.42. The number of thioether (sulfide) groups is 1. The molecule has 1 aliphatic rings. The number of amides is 1. The van der Waals surface area contributed by atoms with Crippen molar-refractivity contribution < 1.29 is 13.2 Å². The molecule has 25 heavy (non-hydrogen) atoms. The second kappa shape index (κ2) is 7.51. The van der Waals surface area contributed by atoms with Gasteiger partial charge in [-0.3, -0.25) is 9.36 Å². The Hall–Kier alpha value is -1.32. The Bertz CT molecular complexity index is 865. The van der Waals surface area contributed by atoms with Crippen molar-refractivity contribution in [1.82, 2.24) is 14.5 Å². The molecule has 2 heterocycles. The smallest absolute Gasteiger partial charge is 0.233 e.